The van der Waals surface area contributed by atoms with E-state index in [1.807, 2.05) is 21.6 Å². The first-order valence-corrected chi connectivity index (χ1v) is 12.3. The van der Waals surface area contributed by atoms with Crippen LogP contribution in [0.2, 0.25) is 0 Å². The van der Waals surface area contributed by atoms with Crippen molar-refractivity contribution >= 4 is 21.6 Å². The fourth-order valence-electron chi connectivity index (χ4n) is 3.40. The van der Waals surface area contributed by atoms with Gasteiger partial charge in [0.05, 0.1) is 0 Å². The Hall–Kier alpha value is -1.84. The molecule has 0 atom stereocenters. The molecule has 0 aliphatic heterocycles. The van der Waals surface area contributed by atoms with Crippen LogP contribution in [0.3, 0.4) is 0 Å². The largest absolute Gasteiger partial charge is 0.508 e. The summed E-state index contributed by atoms with van der Waals surface area (Å²) >= 11 is 0. The van der Waals surface area contributed by atoms with Crippen molar-refractivity contribution in [1.82, 2.24) is 0 Å². The van der Waals surface area contributed by atoms with Gasteiger partial charge in [0, 0.05) is 5.75 Å². The van der Waals surface area contributed by atoms with Gasteiger partial charge in [-0.05, 0) is 35.2 Å². The first kappa shape index (κ1) is 20.9. The predicted octanol–water partition coefficient (Wildman–Crippen LogP) is 7.65. The van der Waals surface area contributed by atoms with E-state index in [-0.39, 0.29) is 4.75 Å². The summed E-state index contributed by atoms with van der Waals surface area (Å²) in [7, 11) is 3.88. The smallest absolute Gasteiger partial charge is 0.115 e. The van der Waals surface area contributed by atoms with E-state index in [4.69, 9.17) is 0 Å². The van der Waals surface area contributed by atoms with E-state index in [1.54, 1.807) is 12.1 Å². The van der Waals surface area contributed by atoms with E-state index in [1.165, 1.54) is 42.4 Å². The van der Waals surface area contributed by atoms with Crippen molar-refractivity contribution in [3.63, 3.8) is 0 Å². The van der Waals surface area contributed by atoms with Gasteiger partial charge in [-0.15, -0.1) is 0 Å². The lowest BCUT2D eigenvalue weighted by Gasteiger charge is -2.34. The lowest BCUT2D eigenvalue weighted by molar-refractivity contribution is 0.475. The minimum absolute atomic E-state index is 0.302. The van der Waals surface area contributed by atoms with Gasteiger partial charge in [-0.25, -0.2) is 0 Å². The Balaban J connectivity index is 2.01. The third kappa shape index (κ3) is 4.95. The van der Waals surface area contributed by atoms with Gasteiger partial charge in [-0.2, -0.15) is 0 Å². The highest BCUT2D eigenvalue weighted by molar-refractivity contribution is 8.77. The predicted molar refractivity (Wildman–Crippen MR) is 125 cm³/mol. The van der Waals surface area contributed by atoms with E-state index < -0.39 is 0 Å². The average Bonchev–Trinajstić information content (AvgIpc) is 2.76. The molecule has 0 fully saturated rings. The summed E-state index contributed by atoms with van der Waals surface area (Å²) in [5, 5.41) is 9.85. The van der Waals surface area contributed by atoms with Crippen molar-refractivity contribution in [3.05, 3.63) is 102 Å². The molecule has 146 valence electrons. The molecule has 3 aromatic rings. The molecule has 3 rings (SSSR count). The molecule has 28 heavy (non-hydrogen) atoms. The second-order valence-electron chi connectivity index (χ2n) is 6.93. The summed E-state index contributed by atoms with van der Waals surface area (Å²) in [5.74, 6) is 1.44. The zero-order valence-electron chi connectivity index (χ0n) is 16.4. The van der Waals surface area contributed by atoms with Crippen LogP contribution in [-0.4, -0.2) is 10.9 Å². The van der Waals surface area contributed by atoms with Crippen LogP contribution < -0.4 is 0 Å². The standard InChI is InChI=1S/C25H28OS2/c1-2-3-4-11-20-27-28-25(21-12-7-5-8-13-21,22-14-9-6-10-15-22)23-16-18-24(26)19-17-23/h5-10,12-19,26H,2-4,11,20H2,1H3. The maximum atomic E-state index is 9.85. The number of benzene rings is 3. The Morgan fingerprint density at radius 1 is 0.679 bits per heavy atom. The minimum Gasteiger partial charge on any atom is -0.508 e. The first-order valence-electron chi connectivity index (χ1n) is 9.98. The van der Waals surface area contributed by atoms with Gasteiger partial charge in [0.2, 0.25) is 0 Å². The molecule has 0 unspecified atom stereocenters. The van der Waals surface area contributed by atoms with Crippen LogP contribution in [0.25, 0.3) is 0 Å². The number of hydrogen-bond donors (Lipinski definition) is 1. The van der Waals surface area contributed by atoms with Crippen LogP contribution in [-0.2, 0) is 4.75 Å². The molecule has 0 spiro atoms. The third-order valence-electron chi connectivity index (χ3n) is 4.90. The molecule has 0 heterocycles. The van der Waals surface area contributed by atoms with Gasteiger partial charge in [-0.3, -0.25) is 0 Å². The fraction of sp³-hybridized carbons (Fsp3) is 0.280. The second-order valence-corrected chi connectivity index (χ2v) is 9.56. The maximum absolute atomic E-state index is 9.85. The summed E-state index contributed by atoms with van der Waals surface area (Å²) in [5.41, 5.74) is 3.71. The summed E-state index contributed by atoms with van der Waals surface area (Å²) < 4.78 is -0.314. The van der Waals surface area contributed by atoms with Crippen molar-refractivity contribution in [3.8, 4) is 5.75 Å². The van der Waals surface area contributed by atoms with Crippen molar-refractivity contribution in [2.45, 2.75) is 37.4 Å². The van der Waals surface area contributed by atoms with Gasteiger partial charge in [-0.1, -0.05) is 121 Å². The van der Waals surface area contributed by atoms with Crippen LogP contribution in [0, 0.1) is 0 Å². The highest BCUT2D eigenvalue weighted by atomic mass is 33.1. The third-order valence-corrected chi connectivity index (χ3v) is 8.03. The number of unbranched alkanes of at least 4 members (excludes halogenated alkanes) is 3. The number of phenolic OH excluding ortho intramolecular Hbond substituents is 1. The molecule has 0 radical (unpaired) electrons. The summed E-state index contributed by atoms with van der Waals surface area (Å²) in [4.78, 5) is 0. The molecule has 0 saturated carbocycles. The van der Waals surface area contributed by atoms with Gasteiger partial charge in [0.15, 0.2) is 0 Å². The molecule has 3 aromatic carbocycles. The fourth-order valence-corrected chi connectivity index (χ4v) is 6.68. The molecule has 1 nitrogen and oxygen atoms in total. The monoisotopic (exact) mass is 408 g/mol. The second kappa shape index (κ2) is 10.6. The average molecular weight is 409 g/mol. The molecule has 0 aliphatic carbocycles. The van der Waals surface area contributed by atoms with Crippen molar-refractivity contribution < 1.29 is 5.11 Å². The molecule has 3 heteroatoms. The van der Waals surface area contributed by atoms with Crippen LogP contribution in [0.4, 0.5) is 0 Å². The summed E-state index contributed by atoms with van der Waals surface area (Å²) in [6, 6.07) is 29.1. The van der Waals surface area contributed by atoms with Crippen molar-refractivity contribution in [1.29, 1.82) is 0 Å². The number of aromatic hydroxyl groups is 1. The molecule has 0 saturated heterocycles. The summed E-state index contributed by atoms with van der Waals surface area (Å²) in [6.07, 6.45) is 5.13. The SMILES string of the molecule is CCCCCCSSC(c1ccccc1)(c1ccccc1)c1ccc(O)cc1. The minimum atomic E-state index is -0.314. The number of rotatable bonds is 10. The number of hydrogen-bond acceptors (Lipinski definition) is 3. The Labute approximate surface area is 177 Å². The summed E-state index contributed by atoms with van der Waals surface area (Å²) in [6.45, 7) is 2.25. The van der Waals surface area contributed by atoms with Gasteiger partial charge in [0.25, 0.3) is 0 Å². The first-order chi connectivity index (χ1) is 13.8. The molecule has 0 bridgehead atoms. The quantitative estimate of drug-likeness (QED) is 0.211. The zero-order chi connectivity index (χ0) is 19.7. The van der Waals surface area contributed by atoms with Crippen LogP contribution >= 0.6 is 21.6 Å². The molecule has 1 N–H and O–H groups in total. The zero-order valence-corrected chi connectivity index (χ0v) is 18.0. The normalized spacial score (nSPS) is 11.5. The highest BCUT2D eigenvalue weighted by Gasteiger charge is 2.37. The van der Waals surface area contributed by atoms with Crippen LogP contribution in [0.1, 0.15) is 49.3 Å². The Kier molecular flexibility index (Phi) is 7.93. The molecule has 0 aliphatic rings. The molecule has 0 amide bonds. The molecule has 0 aromatic heterocycles. The van der Waals surface area contributed by atoms with E-state index in [0.29, 0.717) is 5.75 Å². The van der Waals surface area contributed by atoms with E-state index in [2.05, 4.69) is 79.7 Å². The molecular weight excluding hydrogens is 380 g/mol. The topological polar surface area (TPSA) is 20.2 Å². The molecular formula is C25H28OS2. The Bertz CT molecular complexity index is 777. The van der Waals surface area contributed by atoms with E-state index in [0.717, 1.165) is 5.75 Å². The van der Waals surface area contributed by atoms with Crippen molar-refractivity contribution in [2.75, 3.05) is 5.75 Å². The van der Waals surface area contributed by atoms with Gasteiger partial charge in [0.1, 0.15) is 10.5 Å². The lowest BCUT2D eigenvalue weighted by Crippen LogP contribution is -2.24. The Morgan fingerprint density at radius 3 is 1.75 bits per heavy atom. The highest BCUT2D eigenvalue weighted by Crippen LogP contribution is 2.53. The Morgan fingerprint density at radius 2 is 1.21 bits per heavy atom. The lowest BCUT2D eigenvalue weighted by atomic mass is 9.84. The van der Waals surface area contributed by atoms with E-state index in [9.17, 15) is 5.11 Å². The van der Waals surface area contributed by atoms with Gasteiger partial charge < -0.3 is 5.11 Å². The van der Waals surface area contributed by atoms with E-state index >= 15 is 0 Å². The van der Waals surface area contributed by atoms with Crippen LogP contribution in [0.5, 0.6) is 5.75 Å². The maximum Gasteiger partial charge on any atom is 0.115 e. The van der Waals surface area contributed by atoms with Gasteiger partial charge >= 0.3 is 0 Å². The number of phenols is 1. The van der Waals surface area contributed by atoms with Crippen LogP contribution in [0.15, 0.2) is 84.9 Å². The van der Waals surface area contributed by atoms with Crippen molar-refractivity contribution in [2.24, 2.45) is 0 Å².